The van der Waals surface area contributed by atoms with Crippen molar-refractivity contribution in [3.05, 3.63) is 17.0 Å². The van der Waals surface area contributed by atoms with Crippen LogP contribution in [0.5, 0.6) is 0 Å². The zero-order valence-electron chi connectivity index (χ0n) is 9.25. The number of hydrogen-bond acceptors (Lipinski definition) is 4. The van der Waals surface area contributed by atoms with Crippen molar-refractivity contribution in [2.75, 3.05) is 18.5 Å². The number of aryl methyl sites for hydroxylation is 1. The van der Waals surface area contributed by atoms with Crippen molar-refractivity contribution in [3.63, 3.8) is 0 Å². The molecule has 1 unspecified atom stereocenters. The van der Waals surface area contributed by atoms with Crippen molar-refractivity contribution in [2.45, 2.75) is 26.8 Å². The van der Waals surface area contributed by atoms with Gasteiger partial charge in [0.2, 0.25) is 5.28 Å². The van der Waals surface area contributed by atoms with Crippen molar-refractivity contribution in [3.8, 4) is 0 Å². The van der Waals surface area contributed by atoms with Crippen molar-refractivity contribution in [1.82, 2.24) is 9.97 Å². The Morgan fingerprint density at radius 3 is 2.87 bits per heavy atom. The Morgan fingerprint density at radius 2 is 2.27 bits per heavy atom. The highest BCUT2D eigenvalue weighted by Crippen LogP contribution is 2.10. The summed E-state index contributed by atoms with van der Waals surface area (Å²) in [6, 6.07) is 2.06. The van der Waals surface area contributed by atoms with E-state index in [1.807, 2.05) is 26.8 Å². The molecule has 1 atom stereocenters. The summed E-state index contributed by atoms with van der Waals surface area (Å²) in [7, 11) is 0. The first kappa shape index (κ1) is 12.2. The third-order valence-corrected chi connectivity index (χ3v) is 1.96. The van der Waals surface area contributed by atoms with E-state index < -0.39 is 0 Å². The molecule has 1 rings (SSSR count). The lowest BCUT2D eigenvalue weighted by Crippen LogP contribution is -2.22. The summed E-state index contributed by atoms with van der Waals surface area (Å²) >= 11 is 5.74. The molecule has 1 N–H and O–H groups in total. The van der Waals surface area contributed by atoms with Crippen LogP contribution in [-0.4, -0.2) is 29.2 Å². The second kappa shape index (κ2) is 5.88. The van der Waals surface area contributed by atoms with Crippen LogP contribution in [-0.2, 0) is 4.74 Å². The molecule has 0 aliphatic rings. The van der Waals surface area contributed by atoms with E-state index in [0.29, 0.717) is 6.61 Å². The summed E-state index contributed by atoms with van der Waals surface area (Å²) in [6.45, 7) is 7.25. The zero-order valence-corrected chi connectivity index (χ0v) is 10.0. The van der Waals surface area contributed by atoms with Crippen LogP contribution in [0.4, 0.5) is 5.82 Å². The molecule has 0 fully saturated rings. The van der Waals surface area contributed by atoms with E-state index >= 15 is 0 Å². The van der Waals surface area contributed by atoms with Crippen LogP contribution < -0.4 is 5.32 Å². The zero-order chi connectivity index (χ0) is 11.3. The monoisotopic (exact) mass is 229 g/mol. The minimum Gasteiger partial charge on any atom is -0.380 e. The number of nitrogens with one attached hydrogen (secondary N) is 1. The van der Waals surface area contributed by atoms with Gasteiger partial charge in [-0.2, -0.15) is 0 Å². The maximum atomic E-state index is 5.74. The first-order valence-electron chi connectivity index (χ1n) is 4.97. The molecule has 0 bridgehead atoms. The number of rotatable bonds is 5. The molecule has 0 aliphatic carbocycles. The van der Waals surface area contributed by atoms with E-state index in [9.17, 15) is 0 Å². The van der Waals surface area contributed by atoms with E-state index in [1.54, 1.807) is 0 Å². The van der Waals surface area contributed by atoms with Gasteiger partial charge in [0.25, 0.3) is 0 Å². The van der Waals surface area contributed by atoms with Crippen molar-refractivity contribution in [1.29, 1.82) is 0 Å². The summed E-state index contributed by atoms with van der Waals surface area (Å²) in [6.07, 6.45) is 0. The van der Waals surface area contributed by atoms with Crippen LogP contribution >= 0.6 is 11.6 Å². The number of hydrogen-bond donors (Lipinski definition) is 1. The average Bonchev–Trinajstić information content (AvgIpc) is 2.13. The molecular weight excluding hydrogens is 214 g/mol. The molecular formula is C10H16ClN3O. The SMILES string of the molecule is CCOCC(C)Nc1cc(C)nc(Cl)n1. The van der Waals surface area contributed by atoms with Gasteiger partial charge in [-0.05, 0) is 32.4 Å². The lowest BCUT2D eigenvalue weighted by molar-refractivity contribution is 0.141. The van der Waals surface area contributed by atoms with Crippen LogP contribution in [0.15, 0.2) is 6.07 Å². The van der Waals surface area contributed by atoms with E-state index in [2.05, 4.69) is 15.3 Å². The Bertz CT molecular complexity index is 299. The van der Waals surface area contributed by atoms with Gasteiger partial charge in [0.05, 0.1) is 6.61 Å². The Hall–Kier alpha value is -0.870. The predicted octanol–water partition coefficient (Wildman–Crippen LogP) is 2.28. The van der Waals surface area contributed by atoms with Crippen LogP contribution in [0.25, 0.3) is 0 Å². The molecule has 1 aromatic rings. The maximum absolute atomic E-state index is 5.74. The van der Waals surface area contributed by atoms with Crippen LogP contribution in [0.1, 0.15) is 19.5 Å². The number of halogens is 1. The fourth-order valence-electron chi connectivity index (χ4n) is 1.20. The summed E-state index contributed by atoms with van der Waals surface area (Å²) in [5.74, 6) is 0.736. The predicted molar refractivity (Wildman–Crippen MR) is 61.4 cm³/mol. The average molecular weight is 230 g/mol. The van der Waals surface area contributed by atoms with Gasteiger partial charge in [0.15, 0.2) is 0 Å². The Kier molecular flexibility index (Phi) is 4.78. The second-order valence-corrected chi connectivity index (χ2v) is 3.71. The van der Waals surface area contributed by atoms with E-state index in [-0.39, 0.29) is 11.3 Å². The third kappa shape index (κ3) is 4.44. The largest absolute Gasteiger partial charge is 0.380 e. The Morgan fingerprint density at radius 1 is 1.53 bits per heavy atom. The molecule has 0 aromatic carbocycles. The van der Waals surface area contributed by atoms with Crippen LogP contribution in [0.3, 0.4) is 0 Å². The van der Waals surface area contributed by atoms with Gasteiger partial charge in [-0.25, -0.2) is 9.97 Å². The normalized spacial score (nSPS) is 12.5. The fourth-order valence-corrected chi connectivity index (χ4v) is 1.42. The molecule has 84 valence electrons. The summed E-state index contributed by atoms with van der Waals surface area (Å²) in [5, 5.41) is 3.46. The standard InChI is InChI=1S/C10H16ClN3O/c1-4-15-6-8(3)12-9-5-7(2)13-10(11)14-9/h5,8H,4,6H2,1-3H3,(H,12,13,14). The van der Waals surface area contributed by atoms with Crippen molar-refractivity contribution >= 4 is 17.4 Å². The molecule has 0 saturated carbocycles. The first-order valence-corrected chi connectivity index (χ1v) is 5.35. The minimum absolute atomic E-state index is 0.204. The van der Waals surface area contributed by atoms with Crippen molar-refractivity contribution in [2.24, 2.45) is 0 Å². The molecule has 0 amide bonds. The first-order chi connectivity index (χ1) is 7.11. The van der Waals surface area contributed by atoms with Gasteiger partial charge < -0.3 is 10.1 Å². The summed E-state index contributed by atoms with van der Waals surface area (Å²) in [5.41, 5.74) is 0.848. The summed E-state index contributed by atoms with van der Waals surface area (Å²) in [4.78, 5) is 8.06. The van der Waals surface area contributed by atoms with Gasteiger partial charge in [0, 0.05) is 24.4 Å². The van der Waals surface area contributed by atoms with E-state index in [1.165, 1.54) is 0 Å². The number of ether oxygens (including phenoxy) is 1. The molecule has 1 aromatic heterocycles. The van der Waals surface area contributed by atoms with Crippen molar-refractivity contribution < 1.29 is 4.74 Å². The topological polar surface area (TPSA) is 47.0 Å². The quantitative estimate of drug-likeness (QED) is 0.787. The second-order valence-electron chi connectivity index (χ2n) is 3.37. The van der Waals surface area contributed by atoms with E-state index in [0.717, 1.165) is 18.1 Å². The minimum atomic E-state index is 0.204. The highest BCUT2D eigenvalue weighted by Gasteiger charge is 2.04. The molecule has 0 radical (unpaired) electrons. The lowest BCUT2D eigenvalue weighted by atomic mass is 10.3. The maximum Gasteiger partial charge on any atom is 0.224 e. The summed E-state index contributed by atoms with van der Waals surface area (Å²) < 4.78 is 5.29. The van der Waals surface area contributed by atoms with E-state index in [4.69, 9.17) is 16.3 Å². The highest BCUT2D eigenvalue weighted by atomic mass is 35.5. The highest BCUT2D eigenvalue weighted by molar-refractivity contribution is 6.28. The fraction of sp³-hybridized carbons (Fsp3) is 0.600. The molecule has 0 spiro atoms. The molecule has 15 heavy (non-hydrogen) atoms. The number of nitrogens with zero attached hydrogens (tertiary/aromatic N) is 2. The molecule has 1 heterocycles. The molecule has 0 aliphatic heterocycles. The number of anilines is 1. The van der Waals surface area contributed by atoms with Crippen LogP contribution in [0, 0.1) is 6.92 Å². The number of aromatic nitrogens is 2. The van der Waals surface area contributed by atoms with Gasteiger partial charge in [-0.3, -0.25) is 0 Å². The van der Waals surface area contributed by atoms with Gasteiger partial charge >= 0.3 is 0 Å². The third-order valence-electron chi connectivity index (χ3n) is 1.79. The smallest absolute Gasteiger partial charge is 0.224 e. The lowest BCUT2D eigenvalue weighted by Gasteiger charge is -2.14. The van der Waals surface area contributed by atoms with Gasteiger partial charge in [0.1, 0.15) is 5.82 Å². The molecule has 0 saturated heterocycles. The molecule has 4 nitrogen and oxygen atoms in total. The Labute approximate surface area is 95.0 Å². The van der Waals surface area contributed by atoms with Gasteiger partial charge in [-0.15, -0.1) is 0 Å². The van der Waals surface area contributed by atoms with Crippen LogP contribution in [0.2, 0.25) is 5.28 Å². The van der Waals surface area contributed by atoms with Gasteiger partial charge in [-0.1, -0.05) is 0 Å². The Balaban J connectivity index is 2.56. The molecule has 5 heteroatoms.